The van der Waals surface area contributed by atoms with Crippen molar-refractivity contribution < 1.29 is 9.59 Å². The second-order valence-corrected chi connectivity index (χ2v) is 6.70. The maximum Gasteiger partial charge on any atom is 0.253 e. The first-order valence-electron chi connectivity index (χ1n) is 8.91. The Morgan fingerprint density at radius 2 is 1.92 bits per heavy atom. The number of hydrogen-bond donors (Lipinski definition) is 3. The van der Waals surface area contributed by atoms with Gasteiger partial charge in [0.25, 0.3) is 5.91 Å². The number of pyridine rings is 1. The minimum Gasteiger partial charge on any atom is -0.353 e. The number of nitrogens with one attached hydrogen (secondary N) is 2. The Morgan fingerprint density at radius 3 is 2.58 bits per heavy atom. The van der Waals surface area contributed by atoms with Gasteiger partial charge in [0.1, 0.15) is 6.04 Å². The number of amides is 2. The number of nitrogens with two attached hydrogens (primary N) is 1. The summed E-state index contributed by atoms with van der Waals surface area (Å²) in [7, 11) is 0. The van der Waals surface area contributed by atoms with E-state index >= 15 is 0 Å². The maximum absolute atomic E-state index is 12.7. The quantitative estimate of drug-likeness (QED) is 0.667. The SMILES string of the molecule is NC(CNC(=O)C(Cc1ccccc1)NC(=O)c1cccnc1)C1CC1. The van der Waals surface area contributed by atoms with Crippen molar-refractivity contribution >= 4 is 11.8 Å². The fourth-order valence-electron chi connectivity index (χ4n) is 2.83. The Kier molecular flexibility index (Phi) is 5.96. The van der Waals surface area contributed by atoms with Crippen LogP contribution in [-0.2, 0) is 11.2 Å². The molecule has 2 aromatic rings. The van der Waals surface area contributed by atoms with E-state index in [1.807, 2.05) is 30.3 Å². The molecule has 2 atom stereocenters. The standard InChI is InChI=1S/C20H24N4O2/c21-17(15-8-9-15)13-23-20(26)18(11-14-5-2-1-3-6-14)24-19(25)16-7-4-10-22-12-16/h1-7,10,12,15,17-18H,8-9,11,13,21H2,(H,23,26)(H,24,25). The summed E-state index contributed by atoms with van der Waals surface area (Å²) in [4.78, 5) is 29.1. The Bertz CT molecular complexity index is 732. The first-order chi connectivity index (χ1) is 12.6. The van der Waals surface area contributed by atoms with Gasteiger partial charge in [0.15, 0.2) is 0 Å². The molecule has 0 spiro atoms. The van der Waals surface area contributed by atoms with Crippen LogP contribution in [0.25, 0.3) is 0 Å². The zero-order chi connectivity index (χ0) is 18.4. The molecule has 1 saturated carbocycles. The van der Waals surface area contributed by atoms with Crippen LogP contribution in [0.15, 0.2) is 54.9 Å². The fraction of sp³-hybridized carbons (Fsp3) is 0.350. The molecule has 1 aromatic heterocycles. The minimum absolute atomic E-state index is 0.0228. The Labute approximate surface area is 153 Å². The third kappa shape index (κ3) is 5.13. The van der Waals surface area contributed by atoms with Crippen LogP contribution in [0.4, 0.5) is 0 Å². The van der Waals surface area contributed by atoms with Gasteiger partial charge >= 0.3 is 0 Å². The molecule has 6 heteroatoms. The van der Waals surface area contributed by atoms with Gasteiger partial charge in [-0.05, 0) is 36.5 Å². The molecule has 1 aliphatic rings. The van der Waals surface area contributed by atoms with E-state index in [1.165, 1.54) is 6.20 Å². The Balaban J connectivity index is 1.66. The van der Waals surface area contributed by atoms with Crippen molar-refractivity contribution in [3.8, 4) is 0 Å². The largest absolute Gasteiger partial charge is 0.353 e. The number of rotatable bonds is 8. The van der Waals surface area contributed by atoms with Gasteiger partial charge in [-0.15, -0.1) is 0 Å². The molecule has 0 bridgehead atoms. The average Bonchev–Trinajstić information content (AvgIpc) is 3.52. The molecule has 0 saturated heterocycles. The summed E-state index contributed by atoms with van der Waals surface area (Å²) in [6, 6.07) is 12.3. The predicted molar refractivity (Wildman–Crippen MR) is 99.3 cm³/mol. The highest BCUT2D eigenvalue weighted by Crippen LogP contribution is 2.31. The molecular weight excluding hydrogens is 328 g/mol. The van der Waals surface area contributed by atoms with E-state index in [2.05, 4.69) is 15.6 Å². The Hall–Kier alpha value is -2.73. The van der Waals surface area contributed by atoms with Gasteiger partial charge in [0, 0.05) is 31.4 Å². The zero-order valence-corrected chi connectivity index (χ0v) is 14.6. The van der Waals surface area contributed by atoms with Crippen molar-refractivity contribution in [2.45, 2.75) is 31.3 Å². The minimum atomic E-state index is -0.670. The van der Waals surface area contributed by atoms with Gasteiger partial charge in [-0.2, -0.15) is 0 Å². The van der Waals surface area contributed by atoms with Crippen LogP contribution in [0.3, 0.4) is 0 Å². The summed E-state index contributed by atoms with van der Waals surface area (Å²) in [6.07, 6.45) is 5.75. The Morgan fingerprint density at radius 1 is 1.15 bits per heavy atom. The summed E-state index contributed by atoms with van der Waals surface area (Å²) in [6.45, 7) is 0.428. The molecule has 1 aliphatic carbocycles. The highest BCUT2D eigenvalue weighted by molar-refractivity contribution is 5.97. The molecule has 2 amide bonds. The molecule has 0 radical (unpaired) electrons. The normalized spacial score (nSPS) is 15.7. The van der Waals surface area contributed by atoms with Crippen LogP contribution < -0.4 is 16.4 Å². The first kappa shape index (κ1) is 18.1. The second-order valence-electron chi connectivity index (χ2n) is 6.70. The summed E-state index contributed by atoms with van der Waals surface area (Å²) < 4.78 is 0. The number of carbonyl (C=O) groups is 2. The topological polar surface area (TPSA) is 97.1 Å². The van der Waals surface area contributed by atoms with Crippen molar-refractivity contribution in [2.75, 3.05) is 6.54 Å². The van der Waals surface area contributed by atoms with E-state index in [9.17, 15) is 9.59 Å². The molecule has 1 heterocycles. The van der Waals surface area contributed by atoms with Crippen molar-refractivity contribution in [1.29, 1.82) is 0 Å². The predicted octanol–water partition coefficient (Wildman–Crippen LogP) is 1.28. The number of benzene rings is 1. The first-order valence-corrected chi connectivity index (χ1v) is 8.91. The lowest BCUT2D eigenvalue weighted by atomic mass is 10.0. The lowest BCUT2D eigenvalue weighted by molar-refractivity contribution is -0.123. The van der Waals surface area contributed by atoms with Gasteiger partial charge in [0.05, 0.1) is 5.56 Å². The van der Waals surface area contributed by atoms with E-state index in [0.29, 0.717) is 24.4 Å². The molecule has 3 rings (SSSR count). The van der Waals surface area contributed by atoms with Crippen molar-refractivity contribution in [3.63, 3.8) is 0 Å². The van der Waals surface area contributed by atoms with Gasteiger partial charge in [-0.1, -0.05) is 30.3 Å². The number of hydrogen-bond acceptors (Lipinski definition) is 4. The van der Waals surface area contributed by atoms with Crippen molar-refractivity contribution in [1.82, 2.24) is 15.6 Å². The molecule has 1 aromatic carbocycles. The molecule has 136 valence electrons. The van der Waals surface area contributed by atoms with Crippen LogP contribution in [0.1, 0.15) is 28.8 Å². The fourth-order valence-corrected chi connectivity index (χ4v) is 2.83. The van der Waals surface area contributed by atoms with Gasteiger partial charge in [-0.25, -0.2) is 0 Å². The molecule has 2 unspecified atom stereocenters. The van der Waals surface area contributed by atoms with Gasteiger partial charge in [0.2, 0.25) is 5.91 Å². The van der Waals surface area contributed by atoms with Crippen LogP contribution in [0, 0.1) is 5.92 Å². The number of nitrogens with zero attached hydrogens (tertiary/aromatic N) is 1. The molecule has 26 heavy (non-hydrogen) atoms. The second kappa shape index (κ2) is 8.58. The molecular formula is C20H24N4O2. The van der Waals surface area contributed by atoms with Crippen LogP contribution >= 0.6 is 0 Å². The number of aromatic nitrogens is 1. The van der Waals surface area contributed by atoms with Crippen molar-refractivity contribution in [3.05, 3.63) is 66.0 Å². The van der Waals surface area contributed by atoms with Crippen LogP contribution in [-0.4, -0.2) is 35.4 Å². The van der Waals surface area contributed by atoms with E-state index in [0.717, 1.165) is 18.4 Å². The monoisotopic (exact) mass is 352 g/mol. The summed E-state index contributed by atoms with van der Waals surface area (Å²) >= 11 is 0. The zero-order valence-electron chi connectivity index (χ0n) is 14.6. The summed E-state index contributed by atoms with van der Waals surface area (Å²) in [5.74, 6) is -0.0317. The summed E-state index contributed by atoms with van der Waals surface area (Å²) in [5.41, 5.74) is 7.46. The van der Waals surface area contributed by atoms with Gasteiger partial charge in [-0.3, -0.25) is 14.6 Å². The van der Waals surface area contributed by atoms with Crippen LogP contribution in [0.5, 0.6) is 0 Å². The molecule has 1 fully saturated rings. The number of carbonyl (C=O) groups excluding carboxylic acids is 2. The van der Waals surface area contributed by atoms with E-state index in [-0.39, 0.29) is 17.9 Å². The highest BCUT2D eigenvalue weighted by Gasteiger charge is 2.29. The van der Waals surface area contributed by atoms with Gasteiger partial charge < -0.3 is 16.4 Å². The maximum atomic E-state index is 12.7. The molecule has 0 aliphatic heterocycles. The molecule has 6 nitrogen and oxygen atoms in total. The lowest BCUT2D eigenvalue weighted by Gasteiger charge is -2.20. The third-order valence-electron chi connectivity index (χ3n) is 4.57. The third-order valence-corrected chi connectivity index (χ3v) is 4.57. The smallest absolute Gasteiger partial charge is 0.253 e. The summed E-state index contributed by atoms with van der Waals surface area (Å²) in [5, 5.41) is 5.71. The average molecular weight is 352 g/mol. The van der Waals surface area contributed by atoms with Crippen molar-refractivity contribution in [2.24, 2.45) is 11.7 Å². The van der Waals surface area contributed by atoms with E-state index < -0.39 is 6.04 Å². The van der Waals surface area contributed by atoms with E-state index in [4.69, 9.17) is 5.73 Å². The van der Waals surface area contributed by atoms with E-state index in [1.54, 1.807) is 18.3 Å². The van der Waals surface area contributed by atoms with Crippen LogP contribution in [0.2, 0.25) is 0 Å². The lowest BCUT2D eigenvalue weighted by Crippen LogP contribution is -2.50. The molecule has 4 N–H and O–H groups in total. The highest BCUT2D eigenvalue weighted by atomic mass is 16.2.